The molecule has 2 N–H and O–H groups in total. The topological polar surface area (TPSA) is 111 Å². The van der Waals surface area contributed by atoms with Gasteiger partial charge < -0.3 is 0 Å². The Morgan fingerprint density at radius 2 is 1.41 bits per heavy atom. The minimum Gasteiger partial charge on any atom is -0.267 e. The van der Waals surface area contributed by atoms with Gasteiger partial charge in [0.25, 0.3) is 17.4 Å². The summed E-state index contributed by atoms with van der Waals surface area (Å²) in [4.78, 5) is 38.9. The number of aryl methyl sites for hydroxylation is 1. The van der Waals surface area contributed by atoms with E-state index in [1.807, 2.05) is 60.7 Å². The molecule has 9 heteroatoms. The first-order valence-electron chi connectivity index (χ1n) is 11.8. The van der Waals surface area contributed by atoms with E-state index in [4.69, 9.17) is 0 Å². The van der Waals surface area contributed by atoms with Gasteiger partial charge in [-0.05, 0) is 18.6 Å². The van der Waals surface area contributed by atoms with Crippen LogP contribution in [0.15, 0.2) is 95.9 Å². The van der Waals surface area contributed by atoms with Crippen LogP contribution in [0.3, 0.4) is 0 Å². The molecule has 0 aliphatic carbocycles. The molecular formula is C28H24N6O3. The molecule has 0 fully saturated rings. The van der Waals surface area contributed by atoms with Crippen LogP contribution in [0.4, 0.5) is 0 Å². The van der Waals surface area contributed by atoms with Crippen LogP contribution < -0.4 is 16.4 Å². The lowest BCUT2D eigenvalue weighted by Gasteiger charge is -2.11. The van der Waals surface area contributed by atoms with E-state index < -0.39 is 11.8 Å². The van der Waals surface area contributed by atoms with E-state index in [0.717, 1.165) is 11.1 Å². The molecule has 5 aromatic rings. The second-order valence-corrected chi connectivity index (χ2v) is 8.36. The molecule has 37 heavy (non-hydrogen) atoms. The van der Waals surface area contributed by atoms with Gasteiger partial charge in [-0.2, -0.15) is 10.2 Å². The lowest BCUT2D eigenvalue weighted by Crippen LogP contribution is -2.42. The molecule has 0 unspecified atom stereocenters. The van der Waals surface area contributed by atoms with Crippen molar-refractivity contribution in [1.82, 2.24) is 30.4 Å². The predicted octanol–water partition coefficient (Wildman–Crippen LogP) is 3.40. The average molecular weight is 493 g/mol. The molecule has 0 aliphatic heterocycles. The highest BCUT2D eigenvalue weighted by Gasteiger charge is 2.21. The number of amides is 2. The summed E-state index contributed by atoms with van der Waals surface area (Å²) in [5.41, 5.74) is 7.29. The molecule has 0 radical (unpaired) electrons. The zero-order chi connectivity index (χ0) is 25.8. The lowest BCUT2D eigenvalue weighted by atomic mass is 10.1. The van der Waals surface area contributed by atoms with Crippen molar-refractivity contribution in [1.29, 1.82) is 0 Å². The van der Waals surface area contributed by atoms with Crippen LogP contribution in [0.1, 0.15) is 33.3 Å². The number of fused-ring (bicyclic) bond motifs is 1. The largest absolute Gasteiger partial charge is 0.290 e. The summed E-state index contributed by atoms with van der Waals surface area (Å²) >= 11 is 0. The third kappa shape index (κ3) is 4.87. The molecule has 3 aromatic carbocycles. The van der Waals surface area contributed by atoms with E-state index in [2.05, 4.69) is 21.0 Å². The van der Waals surface area contributed by atoms with Crippen LogP contribution in [0, 0.1) is 0 Å². The average Bonchev–Trinajstić information content (AvgIpc) is 3.37. The van der Waals surface area contributed by atoms with Gasteiger partial charge in [0.1, 0.15) is 5.69 Å². The summed E-state index contributed by atoms with van der Waals surface area (Å²) in [5, 5.41) is 9.64. The molecule has 0 aliphatic rings. The van der Waals surface area contributed by atoms with Crippen molar-refractivity contribution in [3.8, 4) is 11.3 Å². The zero-order valence-electron chi connectivity index (χ0n) is 20.1. The number of benzene rings is 3. The van der Waals surface area contributed by atoms with E-state index in [0.29, 0.717) is 35.1 Å². The number of carbonyl (C=O) groups excluding carboxylic acids is 2. The molecule has 9 nitrogen and oxygen atoms in total. The fourth-order valence-electron chi connectivity index (χ4n) is 4.11. The van der Waals surface area contributed by atoms with Crippen molar-refractivity contribution in [2.75, 3.05) is 0 Å². The van der Waals surface area contributed by atoms with Crippen molar-refractivity contribution in [3.05, 3.63) is 118 Å². The highest BCUT2D eigenvalue weighted by atomic mass is 16.2. The smallest absolute Gasteiger partial charge is 0.267 e. The molecule has 0 saturated heterocycles. The highest BCUT2D eigenvalue weighted by Crippen LogP contribution is 2.22. The third-order valence-electron chi connectivity index (χ3n) is 5.91. The van der Waals surface area contributed by atoms with Crippen molar-refractivity contribution in [3.63, 3.8) is 0 Å². The second-order valence-electron chi connectivity index (χ2n) is 8.36. The molecule has 0 atom stereocenters. The van der Waals surface area contributed by atoms with E-state index >= 15 is 0 Å². The Hall–Kier alpha value is -5.05. The molecule has 2 amide bonds. The Morgan fingerprint density at radius 3 is 2.11 bits per heavy atom. The minimum absolute atomic E-state index is 0.0420. The van der Waals surface area contributed by atoms with Gasteiger partial charge in [0.05, 0.1) is 17.5 Å². The van der Waals surface area contributed by atoms with Crippen LogP contribution >= 0.6 is 0 Å². The molecular weight excluding hydrogens is 468 g/mol. The Balaban J connectivity index is 1.42. The Kier molecular flexibility index (Phi) is 6.58. The Morgan fingerprint density at radius 1 is 0.784 bits per heavy atom. The molecule has 2 heterocycles. The number of rotatable bonds is 6. The first-order chi connectivity index (χ1) is 18.0. The lowest BCUT2D eigenvalue weighted by molar-refractivity contribution is 0.0844. The molecule has 0 spiro atoms. The van der Waals surface area contributed by atoms with Crippen LogP contribution in [-0.2, 0) is 13.1 Å². The SMILES string of the molecule is CCn1nc(C(=O)NNC(=O)c2cn(Cc3ccccc3)nc2-c2ccccc2)c2ccccc2c1=O. The number of aromatic nitrogens is 4. The molecule has 2 aromatic heterocycles. The number of hydrogen-bond donors (Lipinski definition) is 2. The van der Waals surface area contributed by atoms with Crippen LogP contribution in [0.5, 0.6) is 0 Å². The first-order valence-corrected chi connectivity index (χ1v) is 11.8. The maximum atomic E-state index is 13.2. The minimum atomic E-state index is -0.635. The van der Waals surface area contributed by atoms with E-state index in [9.17, 15) is 14.4 Å². The van der Waals surface area contributed by atoms with Gasteiger partial charge in [-0.15, -0.1) is 0 Å². The van der Waals surface area contributed by atoms with E-state index in [1.165, 1.54) is 4.68 Å². The van der Waals surface area contributed by atoms with Crippen LogP contribution in [0.2, 0.25) is 0 Å². The first kappa shape index (κ1) is 23.7. The third-order valence-corrected chi connectivity index (χ3v) is 5.91. The summed E-state index contributed by atoms with van der Waals surface area (Å²) in [6.07, 6.45) is 1.65. The summed E-state index contributed by atoms with van der Waals surface area (Å²) in [5.74, 6) is -1.16. The van der Waals surface area contributed by atoms with Gasteiger partial charge in [0, 0.05) is 23.7 Å². The van der Waals surface area contributed by atoms with Gasteiger partial charge in [-0.3, -0.25) is 29.9 Å². The van der Waals surface area contributed by atoms with Crippen LogP contribution in [0.25, 0.3) is 22.0 Å². The van der Waals surface area contributed by atoms with E-state index in [-0.39, 0.29) is 11.3 Å². The second kappa shape index (κ2) is 10.3. The van der Waals surface area contributed by atoms with Crippen LogP contribution in [-0.4, -0.2) is 31.4 Å². The van der Waals surface area contributed by atoms with E-state index in [1.54, 1.807) is 42.1 Å². The van der Waals surface area contributed by atoms with Gasteiger partial charge >= 0.3 is 0 Å². The van der Waals surface area contributed by atoms with Crippen molar-refractivity contribution in [2.24, 2.45) is 0 Å². The predicted molar refractivity (Wildman–Crippen MR) is 140 cm³/mol. The maximum Gasteiger partial charge on any atom is 0.290 e. The number of nitrogens with one attached hydrogen (secondary N) is 2. The van der Waals surface area contributed by atoms with Crippen molar-refractivity contribution in [2.45, 2.75) is 20.0 Å². The fourth-order valence-corrected chi connectivity index (χ4v) is 4.11. The van der Waals surface area contributed by atoms with Gasteiger partial charge in [0.15, 0.2) is 5.69 Å². The molecule has 0 saturated carbocycles. The monoisotopic (exact) mass is 492 g/mol. The quantitative estimate of drug-likeness (QED) is 0.353. The molecule has 184 valence electrons. The number of carbonyl (C=O) groups is 2. The standard InChI is InChI=1S/C28H24N6O3/c1-2-34-28(37)22-16-10-9-15-21(22)25(32-34)27(36)30-29-26(35)23-18-33(17-19-11-5-3-6-12-19)31-24(23)20-13-7-4-8-14-20/h3-16,18H,2,17H2,1H3,(H,29,35)(H,30,36). The highest BCUT2D eigenvalue weighted by molar-refractivity contribution is 6.06. The Labute approximate surface area is 212 Å². The van der Waals surface area contributed by atoms with Crippen molar-refractivity contribution >= 4 is 22.6 Å². The summed E-state index contributed by atoms with van der Waals surface area (Å²) in [6, 6.07) is 25.9. The maximum absolute atomic E-state index is 13.2. The number of nitrogens with zero attached hydrogens (tertiary/aromatic N) is 4. The summed E-state index contributed by atoms with van der Waals surface area (Å²) in [6.45, 7) is 2.55. The number of hydrazine groups is 1. The summed E-state index contributed by atoms with van der Waals surface area (Å²) < 4.78 is 2.92. The molecule has 0 bridgehead atoms. The summed E-state index contributed by atoms with van der Waals surface area (Å²) in [7, 11) is 0. The number of hydrogen-bond acceptors (Lipinski definition) is 5. The molecule has 5 rings (SSSR count). The normalized spacial score (nSPS) is 10.8. The van der Waals surface area contributed by atoms with Crippen molar-refractivity contribution < 1.29 is 9.59 Å². The fraction of sp³-hybridized carbons (Fsp3) is 0.107. The van der Waals surface area contributed by atoms with Gasteiger partial charge in [-0.25, -0.2) is 4.68 Å². The Bertz CT molecular complexity index is 1640. The van der Waals surface area contributed by atoms with Gasteiger partial charge in [0.2, 0.25) is 0 Å². The zero-order valence-corrected chi connectivity index (χ0v) is 20.1. The van der Waals surface area contributed by atoms with Gasteiger partial charge in [-0.1, -0.05) is 78.9 Å².